The maximum Gasteiger partial charge on any atom is 0.324 e. The van der Waals surface area contributed by atoms with E-state index in [0.29, 0.717) is 6.42 Å². The first-order chi connectivity index (χ1) is 11.0. The highest BCUT2D eigenvalue weighted by Crippen LogP contribution is 2.24. The normalized spacial score (nSPS) is 15.3. The third-order valence-corrected chi connectivity index (χ3v) is 3.71. The number of nitrogens with zero attached hydrogens (tertiary/aromatic N) is 1. The maximum atomic E-state index is 12.0. The number of carbonyl (C=O) groups is 3. The highest BCUT2D eigenvalue weighted by molar-refractivity contribution is 6.01. The Morgan fingerprint density at radius 2 is 2.13 bits per heavy atom. The summed E-state index contributed by atoms with van der Waals surface area (Å²) in [5, 5.41) is 5.34. The molecular formula is C16H21N3O4. The van der Waals surface area contributed by atoms with Crippen molar-refractivity contribution in [1.29, 1.82) is 0 Å². The van der Waals surface area contributed by atoms with Crippen molar-refractivity contribution in [3.05, 3.63) is 29.8 Å². The molecule has 1 saturated heterocycles. The number of benzene rings is 1. The Bertz CT molecular complexity index is 587. The number of nitrogens with one attached hydrogen (secondary N) is 2. The summed E-state index contributed by atoms with van der Waals surface area (Å²) >= 11 is 0. The minimum Gasteiger partial charge on any atom is -0.496 e. The van der Waals surface area contributed by atoms with Crippen LogP contribution in [-0.4, -0.2) is 42.9 Å². The third-order valence-electron chi connectivity index (χ3n) is 3.71. The van der Waals surface area contributed by atoms with Gasteiger partial charge in [-0.25, -0.2) is 4.79 Å². The maximum absolute atomic E-state index is 12.0. The fourth-order valence-corrected chi connectivity index (χ4v) is 2.49. The molecule has 2 rings (SSSR count). The van der Waals surface area contributed by atoms with Crippen molar-refractivity contribution in [2.24, 2.45) is 0 Å². The van der Waals surface area contributed by atoms with Crippen molar-refractivity contribution in [3.63, 3.8) is 0 Å². The van der Waals surface area contributed by atoms with Gasteiger partial charge in [-0.15, -0.1) is 0 Å². The number of methoxy groups -OCH3 is 1. The molecule has 2 N–H and O–H groups in total. The van der Waals surface area contributed by atoms with Crippen LogP contribution in [0.3, 0.4) is 0 Å². The smallest absolute Gasteiger partial charge is 0.324 e. The van der Waals surface area contributed by atoms with E-state index in [1.165, 1.54) is 0 Å². The van der Waals surface area contributed by atoms with E-state index >= 15 is 0 Å². The summed E-state index contributed by atoms with van der Waals surface area (Å²) in [5.74, 6) is 0.341. The van der Waals surface area contributed by atoms with Crippen LogP contribution >= 0.6 is 0 Å². The van der Waals surface area contributed by atoms with E-state index in [2.05, 4.69) is 10.6 Å². The highest BCUT2D eigenvalue weighted by atomic mass is 16.5. The summed E-state index contributed by atoms with van der Waals surface area (Å²) in [5.41, 5.74) is 0.900. The van der Waals surface area contributed by atoms with Crippen molar-refractivity contribution in [2.45, 2.75) is 25.8 Å². The van der Waals surface area contributed by atoms with Crippen LogP contribution in [0.4, 0.5) is 4.79 Å². The largest absolute Gasteiger partial charge is 0.496 e. The lowest BCUT2D eigenvalue weighted by Gasteiger charge is -2.17. The average molecular weight is 319 g/mol. The number of amides is 4. The van der Waals surface area contributed by atoms with Crippen molar-refractivity contribution in [1.82, 2.24) is 15.5 Å². The Morgan fingerprint density at radius 1 is 1.39 bits per heavy atom. The minimum atomic E-state index is -0.391. The van der Waals surface area contributed by atoms with Crippen molar-refractivity contribution >= 4 is 17.8 Å². The van der Waals surface area contributed by atoms with Gasteiger partial charge in [0.25, 0.3) is 0 Å². The van der Waals surface area contributed by atoms with Gasteiger partial charge in [-0.1, -0.05) is 18.2 Å². The van der Waals surface area contributed by atoms with Crippen LogP contribution in [0.2, 0.25) is 0 Å². The molecule has 7 heteroatoms. The standard InChI is InChI=1S/C16H21N3O4/c1-11(12-6-3-4-7-13(12)23-2)18-14(20)8-5-9-19-15(21)10-17-16(19)22/h3-4,6-7,11H,5,8-10H2,1-2H3,(H,17,22)(H,18,20). The Hall–Kier alpha value is -2.57. The Balaban J connectivity index is 1.80. The van der Waals surface area contributed by atoms with Crippen molar-refractivity contribution in [3.8, 4) is 5.75 Å². The summed E-state index contributed by atoms with van der Waals surface area (Å²) in [7, 11) is 1.59. The van der Waals surface area contributed by atoms with E-state index < -0.39 is 6.03 Å². The number of carbonyl (C=O) groups excluding carboxylic acids is 3. The molecule has 1 fully saturated rings. The predicted molar refractivity (Wildman–Crippen MR) is 83.9 cm³/mol. The van der Waals surface area contributed by atoms with Crippen LogP contribution in [0.25, 0.3) is 0 Å². The zero-order valence-corrected chi connectivity index (χ0v) is 13.3. The minimum absolute atomic E-state index is 0.0376. The van der Waals surface area contributed by atoms with Crippen LogP contribution in [0, 0.1) is 0 Å². The first-order valence-corrected chi connectivity index (χ1v) is 7.53. The van der Waals surface area contributed by atoms with E-state index in [-0.39, 0.29) is 37.4 Å². The lowest BCUT2D eigenvalue weighted by molar-refractivity contribution is -0.126. The molecule has 7 nitrogen and oxygen atoms in total. The van der Waals surface area contributed by atoms with E-state index in [0.717, 1.165) is 16.2 Å². The lowest BCUT2D eigenvalue weighted by atomic mass is 10.1. The summed E-state index contributed by atoms with van der Waals surface area (Å²) in [6.45, 7) is 2.17. The van der Waals surface area contributed by atoms with Gasteiger partial charge in [0.05, 0.1) is 19.7 Å². The molecule has 1 aromatic carbocycles. The van der Waals surface area contributed by atoms with Crippen molar-refractivity contribution < 1.29 is 19.1 Å². The van der Waals surface area contributed by atoms with Crippen LogP contribution in [0.5, 0.6) is 5.75 Å². The summed E-state index contributed by atoms with van der Waals surface area (Å²) in [6.07, 6.45) is 0.681. The van der Waals surface area contributed by atoms with Gasteiger partial charge < -0.3 is 15.4 Å². The Kier molecular flexibility index (Phi) is 5.56. The van der Waals surface area contributed by atoms with Gasteiger partial charge in [-0.05, 0) is 19.4 Å². The monoisotopic (exact) mass is 319 g/mol. The first-order valence-electron chi connectivity index (χ1n) is 7.53. The molecule has 0 saturated carbocycles. The summed E-state index contributed by atoms with van der Waals surface area (Å²) in [6, 6.07) is 6.92. The number of imide groups is 1. The number of rotatable bonds is 7. The molecule has 4 amide bonds. The second-order valence-electron chi connectivity index (χ2n) is 5.34. The first kappa shape index (κ1) is 16.8. The van der Waals surface area contributed by atoms with E-state index in [1.54, 1.807) is 7.11 Å². The molecule has 1 aliphatic rings. The van der Waals surface area contributed by atoms with E-state index in [4.69, 9.17) is 4.74 Å². The van der Waals surface area contributed by atoms with Gasteiger partial charge in [-0.2, -0.15) is 0 Å². The SMILES string of the molecule is COc1ccccc1C(C)NC(=O)CCCN1C(=O)CNC1=O. The highest BCUT2D eigenvalue weighted by Gasteiger charge is 2.27. The van der Waals surface area contributed by atoms with E-state index in [9.17, 15) is 14.4 Å². The molecule has 0 bridgehead atoms. The average Bonchev–Trinajstić information content (AvgIpc) is 2.86. The van der Waals surface area contributed by atoms with Crippen LogP contribution in [0.1, 0.15) is 31.4 Å². The van der Waals surface area contributed by atoms with Gasteiger partial charge in [0.2, 0.25) is 11.8 Å². The second-order valence-corrected chi connectivity index (χ2v) is 5.34. The fraction of sp³-hybridized carbons (Fsp3) is 0.438. The van der Waals surface area contributed by atoms with Gasteiger partial charge in [0.15, 0.2) is 0 Å². The molecule has 0 spiro atoms. The van der Waals surface area contributed by atoms with Crippen molar-refractivity contribution in [2.75, 3.05) is 20.2 Å². The molecule has 0 radical (unpaired) electrons. The van der Waals surface area contributed by atoms with Crippen LogP contribution < -0.4 is 15.4 Å². The summed E-state index contributed by atoms with van der Waals surface area (Å²) in [4.78, 5) is 35.9. The van der Waals surface area contributed by atoms with Gasteiger partial charge >= 0.3 is 6.03 Å². The molecule has 1 aromatic rings. The quantitative estimate of drug-likeness (QED) is 0.739. The zero-order chi connectivity index (χ0) is 16.8. The second kappa shape index (κ2) is 7.62. The lowest BCUT2D eigenvalue weighted by Crippen LogP contribution is -2.33. The van der Waals surface area contributed by atoms with Gasteiger partial charge in [0.1, 0.15) is 5.75 Å². The molecule has 23 heavy (non-hydrogen) atoms. The van der Waals surface area contributed by atoms with Crippen LogP contribution in [0.15, 0.2) is 24.3 Å². The molecule has 124 valence electrons. The topological polar surface area (TPSA) is 87.7 Å². The number of para-hydroxylation sites is 1. The van der Waals surface area contributed by atoms with E-state index in [1.807, 2.05) is 31.2 Å². The zero-order valence-electron chi connectivity index (χ0n) is 13.3. The molecule has 1 heterocycles. The number of hydrogen-bond acceptors (Lipinski definition) is 4. The molecule has 0 aromatic heterocycles. The van der Waals surface area contributed by atoms with Gasteiger partial charge in [-0.3, -0.25) is 14.5 Å². The number of hydrogen-bond donors (Lipinski definition) is 2. The fourth-order valence-electron chi connectivity index (χ4n) is 2.49. The molecular weight excluding hydrogens is 298 g/mol. The number of urea groups is 1. The molecule has 1 unspecified atom stereocenters. The molecule has 1 aliphatic heterocycles. The third kappa shape index (κ3) is 4.21. The molecule has 0 aliphatic carbocycles. The Morgan fingerprint density at radius 3 is 2.78 bits per heavy atom. The van der Waals surface area contributed by atoms with Crippen LogP contribution in [-0.2, 0) is 9.59 Å². The van der Waals surface area contributed by atoms with Gasteiger partial charge in [0, 0.05) is 18.5 Å². The number of ether oxygens (including phenoxy) is 1. The predicted octanol–water partition coefficient (Wildman–Crippen LogP) is 1.20. The summed E-state index contributed by atoms with van der Waals surface area (Å²) < 4.78 is 5.28. The molecule has 1 atom stereocenters. The Labute approximate surface area is 135 Å².